The maximum atomic E-state index is 12.9. The summed E-state index contributed by atoms with van der Waals surface area (Å²) in [6.07, 6.45) is 0. The van der Waals surface area contributed by atoms with E-state index in [2.05, 4.69) is 32.9 Å². The number of methoxy groups -OCH3 is 1. The van der Waals surface area contributed by atoms with E-state index in [4.69, 9.17) is 4.74 Å². The number of rotatable bonds is 4. The van der Waals surface area contributed by atoms with Crippen LogP contribution < -0.4 is 28.9 Å². The van der Waals surface area contributed by atoms with Gasteiger partial charge in [-0.15, -0.1) is 0 Å². The first-order valence-corrected chi connectivity index (χ1v) is 9.05. The van der Waals surface area contributed by atoms with Gasteiger partial charge in [-0.3, -0.25) is 0 Å². The summed E-state index contributed by atoms with van der Waals surface area (Å²) in [7, 11) is 2.37. The Kier molecular flexibility index (Phi) is 7.51. The molecule has 0 aliphatic rings. The Morgan fingerprint density at radius 2 is 1.52 bits per heavy atom. The third kappa shape index (κ3) is 5.21. The number of hydrogen-bond acceptors (Lipinski definition) is 2. The van der Waals surface area contributed by atoms with Crippen molar-refractivity contribution in [1.29, 1.82) is 0 Å². The van der Waals surface area contributed by atoms with Crippen molar-refractivity contribution in [3.8, 4) is 5.75 Å². The van der Waals surface area contributed by atoms with Crippen LogP contribution in [0.1, 0.15) is 53.4 Å². The fourth-order valence-electron chi connectivity index (χ4n) is 2.78. The molecular weight excluding hydrogens is 322 g/mol. The molecule has 0 N–H and O–H groups in total. The van der Waals surface area contributed by atoms with E-state index in [1.165, 1.54) is 5.56 Å². The van der Waals surface area contributed by atoms with Crippen molar-refractivity contribution in [2.24, 2.45) is 0 Å². The van der Waals surface area contributed by atoms with Crippen LogP contribution in [0.4, 0.5) is 0 Å². The van der Waals surface area contributed by atoms with Gasteiger partial charge in [-0.25, -0.2) is 0 Å². The van der Waals surface area contributed by atoms with E-state index in [1.807, 2.05) is 39.0 Å². The van der Waals surface area contributed by atoms with Crippen LogP contribution in [0.15, 0.2) is 30.3 Å². The summed E-state index contributed by atoms with van der Waals surface area (Å²) in [5.74, 6) is 0.820. The summed E-state index contributed by atoms with van der Waals surface area (Å²) < 4.78 is 5.23. The predicted octanol–water partition coefficient (Wildman–Crippen LogP) is 2.33. The zero-order valence-electron chi connectivity index (χ0n) is 16.7. The Bertz CT molecular complexity index is 753. The van der Waals surface area contributed by atoms with Crippen molar-refractivity contribution in [2.45, 2.75) is 47.0 Å². The normalized spacial score (nSPS) is 11.5. The van der Waals surface area contributed by atoms with Crippen LogP contribution in [0.3, 0.4) is 0 Å². The number of aryl methyl sites for hydroxylation is 3. The molecule has 25 heavy (non-hydrogen) atoms. The summed E-state index contributed by atoms with van der Waals surface area (Å²) in [4.78, 5) is 12.9. The predicted molar refractivity (Wildman–Crippen MR) is 103 cm³/mol. The standard InChI is InChI=1S/C21H26O2P.Li/c1-13-12-17(23-7)8-9-18(13)24-20(22)19-14(2)10-16(11-15(19)3)21(4,5)6;/h8-12H,1-7H3;/q-1;+1. The third-order valence-electron chi connectivity index (χ3n) is 4.24. The third-order valence-corrected chi connectivity index (χ3v) is 5.41. The van der Waals surface area contributed by atoms with Crippen molar-refractivity contribution in [3.63, 3.8) is 0 Å². The van der Waals surface area contributed by atoms with Gasteiger partial charge in [0.25, 0.3) is 0 Å². The molecule has 2 nitrogen and oxygen atoms in total. The minimum Gasteiger partial charge on any atom is -0.497 e. The molecule has 0 fully saturated rings. The minimum absolute atomic E-state index is 0. The molecule has 0 bridgehead atoms. The molecule has 0 aliphatic heterocycles. The average molecular weight is 348 g/mol. The molecule has 0 saturated heterocycles. The molecule has 128 valence electrons. The molecule has 2 rings (SSSR count). The zero-order chi connectivity index (χ0) is 18.1. The van der Waals surface area contributed by atoms with Crippen LogP contribution in [0.2, 0.25) is 0 Å². The van der Waals surface area contributed by atoms with E-state index in [0.29, 0.717) is 8.58 Å². The van der Waals surface area contributed by atoms with Crippen molar-refractivity contribution >= 4 is 19.4 Å². The number of hydrogen-bond donors (Lipinski definition) is 0. The first-order chi connectivity index (χ1) is 11.1. The molecule has 0 aliphatic carbocycles. The quantitative estimate of drug-likeness (QED) is 0.626. The molecule has 0 spiro atoms. The van der Waals surface area contributed by atoms with Gasteiger partial charge in [-0.2, -0.15) is 5.30 Å². The van der Waals surface area contributed by atoms with Gasteiger partial charge in [0.05, 0.1) is 7.11 Å². The molecule has 0 atom stereocenters. The maximum absolute atomic E-state index is 12.9. The van der Waals surface area contributed by atoms with E-state index >= 15 is 0 Å². The molecule has 0 heterocycles. The molecule has 0 radical (unpaired) electrons. The van der Waals surface area contributed by atoms with Gasteiger partial charge in [0.2, 0.25) is 0 Å². The summed E-state index contributed by atoms with van der Waals surface area (Å²) in [5, 5.41) is 1.03. The van der Waals surface area contributed by atoms with Gasteiger partial charge < -0.3 is 18.1 Å². The topological polar surface area (TPSA) is 26.3 Å². The van der Waals surface area contributed by atoms with Gasteiger partial charge in [0.15, 0.2) is 0 Å². The molecular formula is C21H26LiO2P. The first-order valence-electron chi connectivity index (χ1n) is 8.16. The van der Waals surface area contributed by atoms with Crippen LogP contribution in [-0.4, -0.2) is 12.6 Å². The smallest absolute Gasteiger partial charge is 0.497 e. The van der Waals surface area contributed by atoms with Crippen molar-refractivity contribution in [3.05, 3.63) is 58.1 Å². The average Bonchev–Trinajstić information content (AvgIpc) is 2.47. The molecule has 4 heteroatoms. The second kappa shape index (κ2) is 8.55. The molecule has 0 amide bonds. The summed E-state index contributed by atoms with van der Waals surface area (Å²) >= 11 is 0. The van der Waals surface area contributed by atoms with Gasteiger partial charge in [0.1, 0.15) is 5.75 Å². The van der Waals surface area contributed by atoms with Crippen molar-refractivity contribution in [1.82, 2.24) is 0 Å². The number of carbonyl (C=O) groups excluding carboxylic acids is 1. The van der Waals surface area contributed by atoms with Crippen molar-refractivity contribution < 1.29 is 28.4 Å². The molecule has 0 aromatic heterocycles. The Labute approximate surface area is 165 Å². The second-order valence-corrected chi connectivity index (χ2v) is 8.42. The summed E-state index contributed by atoms with van der Waals surface area (Å²) in [6, 6.07) is 10.2. The molecule has 0 saturated carbocycles. The van der Waals surface area contributed by atoms with Gasteiger partial charge in [-0.05, 0) is 60.6 Å². The Morgan fingerprint density at radius 1 is 0.960 bits per heavy atom. The van der Waals surface area contributed by atoms with Crippen LogP contribution >= 0.6 is 8.58 Å². The fraction of sp³-hybridized carbons (Fsp3) is 0.381. The van der Waals surface area contributed by atoms with E-state index in [1.54, 1.807) is 7.11 Å². The van der Waals surface area contributed by atoms with Crippen LogP contribution in [0.25, 0.3) is 0 Å². The van der Waals surface area contributed by atoms with Gasteiger partial charge in [-0.1, -0.05) is 44.5 Å². The first kappa shape index (κ1) is 22.0. The van der Waals surface area contributed by atoms with E-state index in [9.17, 15) is 4.79 Å². The monoisotopic (exact) mass is 348 g/mol. The Balaban J connectivity index is 0.00000312. The van der Waals surface area contributed by atoms with Crippen molar-refractivity contribution in [2.75, 3.05) is 7.11 Å². The van der Waals surface area contributed by atoms with Crippen LogP contribution in [0.5, 0.6) is 5.75 Å². The second-order valence-electron chi connectivity index (χ2n) is 7.30. The van der Waals surface area contributed by atoms with E-state index < -0.39 is 0 Å². The largest absolute Gasteiger partial charge is 1.00 e. The summed E-state index contributed by atoms with van der Waals surface area (Å²) in [6.45, 7) is 12.7. The fourth-order valence-corrected chi connectivity index (χ4v) is 3.85. The maximum Gasteiger partial charge on any atom is 1.00 e. The Hall–Kier alpha value is -1.06. The number of benzene rings is 2. The zero-order valence-corrected chi connectivity index (χ0v) is 17.5. The van der Waals surface area contributed by atoms with E-state index in [0.717, 1.165) is 33.3 Å². The van der Waals surface area contributed by atoms with E-state index in [-0.39, 0.29) is 29.8 Å². The SMILES string of the molecule is COc1ccc([P-]C(=O)c2c(C)cc(C(C)(C)C)cc2C)c(C)c1.[Li+]. The Morgan fingerprint density at radius 3 is 1.96 bits per heavy atom. The van der Waals surface area contributed by atoms with Gasteiger partial charge >= 0.3 is 18.9 Å². The number of ether oxygens (including phenoxy) is 1. The molecule has 0 unspecified atom stereocenters. The minimum atomic E-state index is 0. The van der Waals surface area contributed by atoms with Gasteiger partial charge in [0, 0.05) is 5.52 Å². The summed E-state index contributed by atoms with van der Waals surface area (Å²) in [5.41, 5.74) is 5.55. The number of carbonyl (C=O) groups is 1. The molecule has 2 aromatic rings. The van der Waals surface area contributed by atoms with Crippen LogP contribution in [0, 0.1) is 20.8 Å². The molecule has 2 aromatic carbocycles. The van der Waals surface area contributed by atoms with Crippen LogP contribution in [-0.2, 0) is 5.41 Å².